The van der Waals surface area contributed by atoms with E-state index in [1.807, 2.05) is 13.0 Å². The maximum absolute atomic E-state index is 12.8. The maximum atomic E-state index is 12.8. The highest BCUT2D eigenvalue weighted by Gasteiger charge is 2.45. The molecule has 0 bridgehead atoms. The van der Waals surface area contributed by atoms with Crippen LogP contribution in [-0.2, 0) is 13.1 Å². The number of rotatable bonds is 7. The largest absolute Gasteiger partial charge is 0.353 e. The molecule has 2 aliphatic rings. The number of tetrazole rings is 1. The van der Waals surface area contributed by atoms with E-state index in [0.29, 0.717) is 22.7 Å². The highest BCUT2D eigenvalue weighted by Crippen LogP contribution is 2.33. The van der Waals surface area contributed by atoms with Gasteiger partial charge in [-0.1, -0.05) is 17.7 Å². The third-order valence-electron chi connectivity index (χ3n) is 7.13. The van der Waals surface area contributed by atoms with Crippen molar-refractivity contribution >= 4 is 23.3 Å². The van der Waals surface area contributed by atoms with Crippen molar-refractivity contribution in [1.29, 1.82) is 0 Å². The summed E-state index contributed by atoms with van der Waals surface area (Å²) in [6.45, 7) is 5.97. The van der Waals surface area contributed by atoms with E-state index in [0.717, 1.165) is 48.0 Å². The van der Waals surface area contributed by atoms with Gasteiger partial charge in [0.2, 0.25) is 0 Å². The quantitative estimate of drug-likeness (QED) is 0.382. The van der Waals surface area contributed by atoms with Crippen molar-refractivity contribution < 1.29 is 4.79 Å². The van der Waals surface area contributed by atoms with Crippen molar-refractivity contribution in [2.24, 2.45) is 0 Å². The van der Waals surface area contributed by atoms with Gasteiger partial charge in [-0.25, -0.2) is 9.67 Å². The van der Waals surface area contributed by atoms with E-state index in [1.54, 1.807) is 29.2 Å². The fraction of sp³-hybridized carbons (Fsp3) is 0.360. The van der Waals surface area contributed by atoms with Crippen LogP contribution in [0.4, 0.5) is 5.82 Å². The first-order chi connectivity index (χ1) is 18.0. The van der Waals surface area contributed by atoms with Crippen molar-refractivity contribution in [3.05, 3.63) is 76.5 Å². The third kappa shape index (κ3) is 4.79. The topological polar surface area (TPSA) is 119 Å². The molecule has 6 rings (SSSR count). The first kappa shape index (κ1) is 23.6. The molecule has 190 valence electrons. The zero-order valence-corrected chi connectivity index (χ0v) is 21.2. The van der Waals surface area contributed by atoms with Crippen LogP contribution in [0.15, 0.2) is 49.1 Å². The Kier molecular flexibility index (Phi) is 6.09. The number of benzene rings is 1. The summed E-state index contributed by atoms with van der Waals surface area (Å²) in [5, 5.41) is 22.8. The zero-order chi connectivity index (χ0) is 25.4. The molecule has 4 aromatic rings. The molecule has 5 heterocycles. The molecule has 2 aliphatic heterocycles. The molecule has 12 heteroatoms. The lowest BCUT2D eigenvalue weighted by Gasteiger charge is -2.49. The molecule has 0 unspecified atom stereocenters. The van der Waals surface area contributed by atoms with Gasteiger partial charge in [-0.15, -0.1) is 5.10 Å². The molecule has 3 aromatic heterocycles. The van der Waals surface area contributed by atoms with Crippen molar-refractivity contribution in [1.82, 2.24) is 45.6 Å². The first-order valence-electron chi connectivity index (χ1n) is 12.3. The molecular formula is C25H27ClN10O. The Morgan fingerprint density at radius 3 is 2.86 bits per heavy atom. The summed E-state index contributed by atoms with van der Waals surface area (Å²) in [6, 6.07) is 9.53. The van der Waals surface area contributed by atoms with Crippen LogP contribution in [0.1, 0.15) is 40.0 Å². The van der Waals surface area contributed by atoms with Crippen LogP contribution in [0.5, 0.6) is 0 Å². The number of hydrogen-bond donors (Lipinski definition) is 2. The number of carbonyl (C=O) groups is 1. The Bertz CT molecular complexity index is 1420. The number of pyridine rings is 1. The molecular weight excluding hydrogens is 492 g/mol. The standard InChI is InChI=1S/C25H27ClN10O/c1-17-18(3-6-23(31-17)34-14-25(15-34)7-2-8-28-25)12-35-13-20(11-30-35)24(37)27-10-19-9-21(26)4-5-22(19)36-16-29-32-33-36/h3-6,9,11,13,16,28H,2,7-8,10,12,14-15H2,1H3,(H,27,37). The van der Waals surface area contributed by atoms with Gasteiger partial charge in [0.1, 0.15) is 12.1 Å². The van der Waals surface area contributed by atoms with Crippen LogP contribution in [0.25, 0.3) is 5.69 Å². The Balaban J connectivity index is 1.08. The number of amides is 1. The second-order valence-electron chi connectivity index (χ2n) is 9.72. The maximum Gasteiger partial charge on any atom is 0.254 e. The number of nitrogens with zero attached hydrogens (tertiary/aromatic N) is 8. The highest BCUT2D eigenvalue weighted by atomic mass is 35.5. The summed E-state index contributed by atoms with van der Waals surface area (Å²) in [7, 11) is 0. The van der Waals surface area contributed by atoms with Crippen LogP contribution in [-0.4, -0.2) is 66.1 Å². The average Bonchev–Trinajstić information content (AvgIpc) is 3.65. The van der Waals surface area contributed by atoms with Crippen LogP contribution in [0.2, 0.25) is 5.02 Å². The lowest BCUT2D eigenvalue weighted by atomic mass is 9.88. The van der Waals surface area contributed by atoms with Crippen LogP contribution in [0, 0.1) is 6.92 Å². The Morgan fingerprint density at radius 1 is 1.22 bits per heavy atom. The molecule has 1 amide bonds. The molecule has 0 saturated carbocycles. The second kappa shape index (κ2) is 9.56. The van der Waals surface area contributed by atoms with Gasteiger partial charge in [-0.3, -0.25) is 9.48 Å². The number of anilines is 1. The summed E-state index contributed by atoms with van der Waals surface area (Å²) in [5.74, 6) is 0.787. The molecule has 2 N–H and O–H groups in total. The third-order valence-corrected chi connectivity index (χ3v) is 7.36. The predicted molar refractivity (Wildman–Crippen MR) is 138 cm³/mol. The van der Waals surface area contributed by atoms with Gasteiger partial charge in [-0.2, -0.15) is 5.10 Å². The molecule has 2 saturated heterocycles. The van der Waals surface area contributed by atoms with E-state index < -0.39 is 0 Å². The van der Waals surface area contributed by atoms with E-state index in [1.165, 1.54) is 23.9 Å². The SMILES string of the molecule is Cc1nc(N2CC3(CCCN3)C2)ccc1Cn1cc(C(=O)NCc2cc(Cl)ccc2-n2cnnn2)cn1. The van der Waals surface area contributed by atoms with Gasteiger partial charge in [-0.05, 0) is 72.1 Å². The molecule has 37 heavy (non-hydrogen) atoms. The number of aromatic nitrogens is 7. The molecule has 1 spiro atoms. The zero-order valence-electron chi connectivity index (χ0n) is 20.4. The molecule has 11 nitrogen and oxygen atoms in total. The molecule has 0 aliphatic carbocycles. The minimum atomic E-state index is -0.230. The minimum Gasteiger partial charge on any atom is -0.353 e. The fourth-order valence-corrected chi connectivity index (χ4v) is 5.31. The monoisotopic (exact) mass is 518 g/mol. The molecule has 0 radical (unpaired) electrons. The number of aryl methyl sites for hydroxylation is 1. The van der Waals surface area contributed by atoms with Crippen molar-refractivity contribution in [2.45, 2.75) is 38.4 Å². The highest BCUT2D eigenvalue weighted by molar-refractivity contribution is 6.30. The molecule has 2 fully saturated rings. The predicted octanol–water partition coefficient (Wildman–Crippen LogP) is 2.14. The minimum absolute atomic E-state index is 0.230. The van der Waals surface area contributed by atoms with E-state index in [9.17, 15) is 4.79 Å². The van der Waals surface area contributed by atoms with Crippen LogP contribution < -0.4 is 15.5 Å². The lowest BCUT2D eigenvalue weighted by Crippen LogP contribution is -2.67. The Hall–Kier alpha value is -3.83. The number of nitrogens with one attached hydrogen (secondary N) is 2. The number of hydrogen-bond acceptors (Lipinski definition) is 8. The second-order valence-corrected chi connectivity index (χ2v) is 10.2. The lowest BCUT2D eigenvalue weighted by molar-refractivity contribution is 0.0951. The summed E-state index contributed by atoms with van der Waals surface area (Å²) in [5.41, 5.74) is 4.34. The van der Waals surface area contributed by atoms with Crippen LogP contribution >= 0.6 is 11.6 Å². The summed E-state index contributed by atoms with van der Waals surface area (Å²) >= 11 is 6.17. The molecule has 1 aromatic carbocycles. The van der Waals surface area contributed by atoms with Crippen molar-refractivity contribution in [2.75, 3.05) is 24.5 Å². The Labute approximate surface area is 218 Å². The number of carbonyl (C=O) groups excluding carboxylic acids is 1. The summed E-state index contributed by atoms with van der Waals surface area (Å²) < 4.78 is 3.29. The smallest absolute Gasteiger partial charge is 0.254 e. The first-order valence-corrected chi connectivity index (χ1v) is 12.6. The van der Waals surface area contributed by atoms with E-state index in [2.05, 4.69) is 48.3 Å². The average molecular weight is 519 g/mol. The van der Waals surface area contributed by atoms with Gasteiger partial charge in [0.15, 0.2) is 0 Å². The molecule has 0 atom stereocenters. The van der Waals surface area contributed by atoms with E-state index >= 15 is 0 Å². The van der Waals surface area contributed by atoms with Crippen LogP contribution in [0.3, 0.4) is 0 Å². The fourth-order valence-electron chi connectivity index (χ4n) is 5.12. The summed E-state index contributed by atoms with van der Waals surface area (Å²) in [6.07, 6.45) is 7.31. The van der Waals surface area contributed by atoms with E-state index in [4.69, 9.17) is 16.6 Å². The van der Waals surface area contributed by atoms with Gasteiger partial charge >= 0.3 is 0 Å². The van der Waals surface area contributed by atoms with Gasteiger partial charge in [0, 0.05) is 36.5 Å². The van der Waals surface area contributed by atoms with Crippen molar-refractivity contribution in [3.63, 3.8) is 0 Å². The van der Waals surface area contributed by atoms with E-state index in [-0.39, 0.29) is 12.5 Å². The van der Waals surface area contributed by atoms with Gasteiger partial charge in [0.05, 0.1) is 29.5 Å². The van der Waals surface area contributed by atoms with Gasteiger partial charge < -0.3 is 15.5 Å². The summed E-state index contributed by atoms with van der Waals surface area (Å²) in [4.78, 5) is 20.0. The Morgan fingerprint density at radius 2 is 2.11 bits per heavy atom. The normalized spacial score (nSPS) is 16.2. The number of halogens is 1. The van der Waals surface area contributed by atoms with Gasteiger partial charge in [0.25, 0.3) is 5.91 Å². The van der Waals surface area contributed by atoms with Crippen molar-refractivity contribution in [3.8, 4) is 5.69 Å².